The second kappa shape index (κ2) is 6.36. The van der Waals surface area contributed by atoms with E-state index in [0.29, 0.717) is 11.4 Å². The lowest BCUT2D eigenvalue weighted by Crippen LogP contribution is -2.21. The zero-order valence-electron chi connectivity index (χ0n) is 12.0. The Bertz CT molecular complexity index is 689. The molecule has 0 fully saturated rings. The van der Waals surface area contributed by atoms with Gasteiger partial charge in [-0.3, -0.25) is 4.72 Å². The number of rotatable bonds is 6. The van der Waals surface area contributed by atoms with Crippen LogP contribution in [-0.2, 0) is 10.0 Å². The van der Waals surface area contributed by atoms with E-state index < -0.39 is 10.0 Å². The highest BCUT2D eigenvalue weighted by molar-refractivity contribution is 7.94. The van der Waals surface area contributed by atoms with Gasteiger partial charge < -0.3 is 10.6 Å². The van der Waals surface area contributed by atoms with E-state index in [4.69, 9.17) is 5.73 Å². The third-order valence-electron chi connectivity index (χ3n) is 3.11. The van der Waals surface area contributed by atoms with Crippen LogP contribution in [0.1, 0.15) is 13.8 Å². The summed E-state index contributed by atoms with van der Waals surface area (Å²) in [6, 6.07) is 8.81. The zero-order chi connectivity index (χ0) is 15.5. The molecule has 2 rings (SSSR count). The highest BCUT2D eigenvalue weighted by Gasteiger charge is 2.16. The van der Waals surface area contributed by atoms with Crippen molar-refractivity contribution in [2.75, 3.05) is 28.4 Å². The first-order valence-electron chi connectivity index (χ1n) is 6.68. The Morgan fingerprint density at radius 2 is 1.81 bits per heavy atom. The molecule has 3 N–H and O–H groups in total. The van der Waals surface area contributed by atoms with Crippen LogP contribution in [0.15, 0.2) is 39.9 Å². The Morgan fingerprint density at radius 1 is 1.19 bits per heavy atom. The van der Waals surface area contributed by atoms with Gasteiger partial charge in [-0.25, -0.2) is 8.42 Å². The fourth-order valence-corrected chi connectivity index (χ4v) is 4.14. The molecule has 0 saturated carbocycles. The fraction of sp³-hybridized carbons (Fsp3) is 0.286. The Kier molecular flexibility index (Phi) is 4.74. The summed E-state index contributed by atoms with van der Waals surface area (Å²) in [5.74, 6) is 0. The minimum atomic E-state index is -3.56. The minimum Gasteiger partial charge on any atom is -0.398 e. The molecule has 0 spiro atoms. The summed E-state index contributed by atoms with van der Waals surface area (Å²) in [6.45, 7) is 5.99. The van der Waals surface area contributed by atoms with Gasteiger partial charge in [0.25, 0.3) is 10.0 Å². The standard InChI is InChI=1S/C14H19N3O2S2/c1-3-17(4-2)13-7-5-12(6-8-13)16-21(18,19)14-9-11(15)10-20-14/h5-10,16H,3-4,15H2,1-2H3. The third-order valence-corrected chi connectivity index (χ3v) is 5.95. The van der Waals surface area contributed by atoms with Crippen molar-refractivity contribution in [2.45, 2.75) is 18.1 Å². The molecular formula is C14H19N3O2S2. The molecule has 0 amide bonds. The van der Waals surface area contributed by atoms with Gasteiger partial charge in [-0.1, -0.05) is 0 Å². The number of anilines is 3. The van der Waals surface area contributed by atoms with Crippen molar-refractivity contribution in [3.63, 3.8) is 0 Å². The van der Waals surface area contributed by atoms with E-state index in [1.54, 1.807) is 17.5 Å². The van der Waals surface area contributed by atoms with E-state index in [-0.39, 0.29) is 4.21 Å². The highest BCUT2D eigenvalue weighted by atomic mass is 32.2. The van der Waals surface area contributed by atoms with Crippen molar-refractivity contribution < 1.29 is 8.42 Å². The smallest absolute Gasteiger partial charge is 0.271 e. The van der Waals surface area contributed by atoms with Crippen molar-refractivity contribution in [1.82, 2.24) is 0 Å². The van der Waals surface area contributed by atoms with Crippen LogP contribution in [0.3, 0.4) is 0 Å². The molecule has 0 aliphatic rings. The number of nitrogen functional groups attached to an aromatic ring is 1. The van der Waals surface area contributed by atoms with Crippen LogP contribution in [0.2, 0.25) is 0 Å². The van der Waals surface area contributed by atoms with Crippen molar-refractivity contribution in [3.05, 3.63) is 35.7 Å². The molecule has 0 atom stereocenters. The number of benzene rings is 1. The van der Waals surface area contributed by atoms with E-state index in [1.807, 2.05) is 12.1 Å². The van der Waals surface area contributed by atoms with Crippen LogP contribution in [0, 0.1) is 0 Å². The van der Waals surface area contributed by atoms with Crippen LogP contribution < -0.4 is 15.4 Å². The van der Waals surface area contributed by atoms with Gasteiger partial charge in [0, 0.05) is 35.5 Å². The molecule has 0 bridgehead atoms. The average Bonchev–Trinajstić information content (AvgIpc) is 2.89. The maximum atomic E-state index is 12.2. The summed E-state index contributed by atoms with van der Waals surface area (Å²) < 4.78 is 27.1. The van der Waals surface area contributed by atoms with Crippen molar-refractivity contribution in [3.8, 4) is 0 Å². The number of hydrogen-bond acceptors (Lipinski definition) is 5. The predicted molar refractivity (Wildman–Crippen MR) is 89.5 cm³/mol. The lowest BCUT2D eigenvalue weighted by atomic mass is 10.2. The van der Waals surface area contributed by atoms with Crippen LogP contribution >= 0.6 is 11.3 Å². The van der Waals surface area contributed by atoms with Gasteiger partial charge in [-0.15, -0.1) is 11.3 Å². The quantitative estimate of drug-likeness (QED) is 0.856. The van der Waals surface area contributed by atoms with Crippen molar-refractivity contribution in [2.24, 2.45) is 0 Å². The number of nitrogens with one attached hydrogen (secondary N) is 1. The van der Waals surface area contributed by atoms with Crippen LogP contribution in [0.25, 0.3) is 0 Å². The SMILES string of the molecule is CCN(CC)c1ccc(NS(=O)(=O)c2cc(N)cs2)cc1. The summed E-state index contributed by atoms with van der Waals surface area (Å²) in [5.41, 5.74) is 7.63. The molecule has 5 nitrogen and oxygen atoms in total. The molecule has 0 radical (unpaired) electrons. The highest BCUT2D eigenvalue weighted by Crippen LogP contribution is 2.25. The van der Waals surface area contributed by atoms with Gasteiger partial charge in [0.2, 0.25) is 0 Å². The summed E-state index contributed by atoms with van der Waals surface area (Å²) in [5, 5.41) is 1.61. The lowest BCUT2D eigenvalue weighted by Gasteiger charge is -2.21. The molecule has 1 aromatic carbocycles. The Balaban J connectivity index is 2.17. The zero-order valence-corrected chi connectivity index (χ0v) is 13.7. The topological polar surface area (TPSA) is 75.4 Å². The van der Waals surface area contributed by atoms with Crippen LogP contribution in [0.4, 0.5) is 17.1 Å². The van der Waals surface area contributed by atoms with Gasteiger partial charge in [0.15, 0.2) is 0 Å². The molecule has 0 aliphatic heterocycles. The van der Waals surface area contributed by atoms with Crippen molar-refractivity contribution in [1.29, 1.82) is 0 Å². The maximum absolute atomic E-state index is 12.2. The number of nitrogens with two attached hydrogens (primary N) is 1. The molecule has 1 heterocycles. The monoisotopic (exact) mass is 325 g/mol. The van der Waals surface area contributed by atoms with Gasteiger partial charge in [-0.05, 0) is 44.2 Å². The van der Waals surface area contributed by atoms with E-state index in [1.165, 1.54) is 6.07 Å². The predicted octanol–water partition coefficient (Wildman–Crippen LogP) is 2.98. The van der Waals surface area contributed by atoms with E-state index in [0.717, 1.165) is 30.1 Å². The van der Waals surface area contributed by atoms with E-state index >= 15 is 0 Å². The first-order chi connectivity index (χ1) is 9.96. The largest absolute Gasteiger partial charge is 0.398 e. The Hall–Kier alpha value is -1.73. The number of hydrogen-bond donors (Lipinski definition) is 2. The first kappa shape index (κ1) is 15.7. The number of thiophene rings is 1. The summed E-state index contributed by atoms with van der Waals surface area (Å²) in [4.78, 5) is 2.19. The average molecular weight is 325 g/mol. The van der Waals surface area contributed by atoms with Gasteiger partial charge in [0.05, 0.1) is 0 Å². The van der Waals surface area contributed by atoms with Crippen LogP contribution in [0.5, 0.6) is 0 Å². The summed E-state index contributed by atoms with van der Waals surface area (Å²) in [6.07, 6.45) is 0. The molecule has 114 valence electrons. The first-order valence-corrected chi connectivity index (χ1v) is 9.04. The minimum absolute atomic E-state index is 0.216. The molecule has 0 unspecified atom stereocenters. The normalized spacial score (nSPS) is 11.3. The summed E-state index contributed by atoms with van der Waals surface area (Å²) in [7, 11) is -3.56. The molecule has 0 saturated heterocycles. The third kappa shape index (κ3) is 3.68. The molecule has 2 aromatic rings. The van der Waals surface area contributed by atoms with Crippen molar-refractivity contribution >= 4 is 38.4 Å². The fourth-order valence-electron chi connectivity index (χ4n) is 2.01. The van der Waals surface area contributed by atoms with Gasteiger partial charge >= 0.3 is 0 Å². The molecule has 7 heteroatoms. The molecule has 0 aliphatic carbocycles. The lowest BCUT2D eigenvalue weighted by molar-refractivity contribution is 0.603. The Morgan fingerprint density at radius 3 is 2.29 bits per heavy atom. The van der Waals surface area contributed by atoms with Gasteiger partial charge in [-0.2, -0.15) is 0 Å². The Labute approximate surface area is 129 Å². The maximum Gasteiger partial charge on any atom is 0.271 e. The van der Waals surface area contributed by atoms with E-state index in [9.17, 15) is 8.42 Å². The second-order valence-corrected chi connectivity index (χ2v) is 7.34. The van der Waals surface area contributed by atoms with Crippen LogP contribution in [-0.4, -0.2) is 21.5 Å². The second-order valence-electron chi connectivity index (χ2n) is 4.52. The number of sulfonamides is 1. The molecular weight excluding hydrogens is 306 g/mol. The van der Waals surface area contributed by atoms with Gasteiger partial charge in [0.1, 0.15) is 4.21 Å². The summed E-state index contributed by atoms with van der Waals surface area (Å²) >= 11 is 1.11. The van der Waals surface area contributed by atoms with E-state index in [2.05, 4.69) is 23.5 Å². The molecule has 21 heavy (non-hydrogen) atoms. The number of nitrogens with zero attached hydrogens (tertiary/aromatic N) is 1. The molecule has 1 aromatic heterocycles.